The molecule has 2 heteroatoms. The molecule has 0 nitrogen and oxygen atoms in total. The largest absolute Gasteiger partial charge is 0.203 e. The van der Waals surface area contributed by atoms with E-state index in [1.54, 1.807) is 36.4 Å². The molecule has 0 saturated carbocycles. The van der Waals surface area contributed by atoms with Gasteiger partial charge in [0.25, 0.3) is 0 Å². The van der Waals surface area contributed by atoms with Crippen molar-refractivity contribution in [2.24, 2.45) is 0 Å². The summed E-state index contributed by atoms with van der Waals surface area (Å²) in [6, 6.07) is 13.9. The highest BCUT2D eigenvalue weighted by atomic mass is 19.2. The standard InChI is InChI=1S/C22H26F2/c1-3-4-5-6-7-8-18-11-15-20(16-12-18)22(24)21(23)19-13-9-17(2)10-14-19/h9-16H,3-8H2,1-2H3/b22-21+. The van der Waals surface area contributed by atoms with Gasteiger partial charge >= 0.3 is 0 Å². The summed E-state index contributed by atoms with van der Waals surface area (Å²) in [5.41, 5.74) is 2.77. The van der Waals surface area contributed by atoms with Crippen molar-refractivity contribution in [1.29, 1.82) is 0 Å². The van der Waals surface area contributed by atoms with Crippen LogP contribution < -0.4 is 0 Å². The minimum absolute atomic E-state index is 0.276. The average Bonchev–Trinajstić information content (AvgIpc) is 2.61. The summed E-state index contributed by atoms with van der Waals surface area (Å²) in [4.78, 5) is 0. The summed E-state index contributed by atoms with van der Waals surface area (Å²) in [7, 11) is 0. The Morgan fingerprint density at radius 2 is 1.21 bits per heavy atom. The van der Waals surface area contributed by atoms with Crippen LogP contribution >= 0.6 is 0 Å². The molecule has 0 aliphatic rings. The maximum absolute atomic E-state index is 14.3. The van der Waals surface area contributed by atoms with Crippen molar-refractivity contribution in [2.75, 3.05) is 0 Å². The van der Waals surface area contributed by atoms with Crippen molar-refractivity contribution < 1.29 is 8.78 Å². The van der Waals surface area contributed by atoms with Gasteiger partial charge in [0, 0.05) is 11.1 Å². The SMILES string of the molecule is CCCCCCCc1ccc(/C(F)=C(\F)c2ccc(C)cc2)cc1. The fourth-order valence-electron chi connectivity index (χ4n) is 2.70. The van der Waals surface area contributed by atoms with E-state index in [0.29, 0.717) is 5.56 Å². The molecule has 2 aromatic rings. The molecule has 0 aliphatic heterocycles. The van der Waals surface area contributed by atoms with E-state index < -0.39 is 11.7 Å². The third-order valence-corrected chi connectivity index (χ3v) is 4.27. The molecule has 0 unspecified atom stereocenters. The van der Waals surface area contributed by atoms with Crippen molar-refractivity contribution in [3.8, 4) is 0 Å². The van der Waals surface area contributed by atoms with E-state index in [4.69, 9.17) is 0 Å². The monoisotopic (exact) mass is 328 g/mol. The second-order valence-corrected chi connectivity index (χ2v) is 6.36. The third-order valence-electron chi connectivity index (χ3n) is 4.27. The maximum atomic E-state index is 14.3. The van der Waals surface area contributed by atoms with Crippen LogP contribution in [-0.2, 0) is 6.42 Å². The van der Waals surface area contributed by atoms with Crippen LogP contribution in [0.3, 0.4) is 0 Å². The molecule has 128 valence electrons. The van der Waals surface area contributed by atoms with E-state index >= 15 is 0 Å². The van der Waals surface area contributed by atoms with Crippen molar-refractivity contribution >= 4 is 11.7 Å². The topological polar surface area (TPSA) is 0 Å². The van der Waals surface area contributed by atoms with Crippen LogP contribution in [0.15, 0.2) is 48.5 Å². The molecule has 0 N–H and O–H groups in total. The summed E-state index contributed by atoms with van der Waals surface area (Å²) in [6.45, 7) is 4.12. The fourth-order valence-corrected chi connectivity index (χ4v) is 2.70. The van der Waals surface area contributed by atoms with E-state index in [0.717, 1.165) is 18.4 Å². The molecule has 0 spiro atoms. The molecule has 0 saturated heterocycles. The number of benzene rings is 2. The maximum Gasteiger partial charge on any atom is 0.166 e. The Morgan fingerprint density at radius 3 is 1.75 bits per heavy atom. The molecule has 2 aromatic carbocycles. The van der Waals surface area contributed by atoms with E-state index in [2.05, 4.69) is 6.92 Å². The first-order chi connectivity index (χ1) is 11.6. The van der Waals surface area contributed by atoms with Crippen LogP contribution in [0.4, 0.5) is 8.78 Å². The molecule has 0 atom stereocenters. The molecule has 0 bridgehead atoms. The Morgan fingerprint density at radius 1 is 0.708 bits per heavy atom. The van der Waals surface area contributed by atoms with Crippen LogP contribution in [0, 0.1) is 6.92 Å². The van der Waals surface area contributed by atoms with Gasteiger partial charge in [-0.3, -0.25) is 0 Å². The van der Waals surface area contributed by atoms with E-state index in [9.17, 15) is 8.78 Å². The Balaban J connectivity index is 2.01. The summed E-state index contributed by atoms with van der Waals surface area (Å²) in [6.07, 6.45) is 7.17. The second kappa shape index (κ2) is 9.36. The van der Waals surface area contributed by atoms with Crippen LogP contribution in [0.1, 0.15) is 61.3 Å². The quantitative estimate of drug-likeness (QED) is 0.353. The van der Waals surface area contributed by atoms with Crippen molar-refractivity contribution in [3.05, 3.63) is 70.8 Å². The molecule has 24 heavy (non-hydrogen) atoms. The smallest absolute Gasteiger partial charge is 0.166 e. The first-order valence-electron chi connectivity index (χ1n) is 8.83. The predicted octanol–water partition coefficient (Wildman–Crippen LogP) is 7.27. The van der Waals surface area contributed by atoms with E-state index in [1.165, 1.54) is 31.2 Å². The summed E-state index contributed by atoms with van der Waals surface area (Å²) >= 11 is 0. The molecule has 0 aromatic heterocycles. The molecule has 0 amide bonds. The first-order valence-corrected chi connectivity index (χ1v) is 8.83. The second-order valence-electron chi connectivity index (χ2n) is 6.36. The highest BCUT2D eigenvalue weighted by Crippen LogP contribution is 2.29. The van der Waals surface area contributed by atoms with Gasteiger partial charge in [-0.05, 0) is 25.3 Å². The van der Waals surface area contributed by atoms with Gasteiger partial charge in [-0.2, -0.15) is 0 Å². The lowest BCUT2D eigenvalue weighted by molar-refractivity contribution is 0.632. The molecule has 0 fully saturated rings. The number of hydrogen-bond acceptors (Lipinski definition) is 0. The van der Waals surface area contributed by atoms with Crippen LogP contribution in [-0.4, -0.2) is 0 Å². The van der Waals surface area contributed by atoms with Gasteiger partial charge in [-0.25, -0.2) is 8.78 Å². The highest BCUT2D eigenvalue weighted by molar-refractivity contribution is 5.83. The Labute approximate surface area is 144 Å². The van der Waals surface area contributed by atoms with Gasteiger partial charge in [0.05, 0.1) is 0 Å². The lowest BCUT2D eigenvalue weighted by Gasteiger charge is -2.05. The Hall–Kier alpha value is -1.96. The third kappa shape index (κ3) is 5.30. The fraction of sp³-hybridized carbons (Fsp3) is 0.364. The molecule has 0 radical (unpaired) electrons. The van der Waals surface area contributed by atoms with Gasteiger partial charge in [0.1, 0.15) is 0 Å². The zero-order valence-corrected chi connectivity index (χ0v) is 14.6. The molecule has 0 heterocycles. The van der Waals surface area contributed by atoms with E-state index in [1.807, 2.05) is 19.1 Å². The van der Waals surface area contributed by atoms with Gasteiger partial charge in [-0.15, -0.1) is 0 Å². The van der Waals surface area contributed by atoms with Gasteiger partial charge in [0.15, 0.2) is 11.7 Å². The number of aryl methyl sites for hydroxylation is 2. The zero-order valence-electron chi connectivity index (χ0n) is 14.6. The van der Waals surface area contributed by atoms with Gasteiger partial charge in [-0.1, -0.05) is 86.7 Å². The Kier molecular flexibility index (Phi) is 7.17. The summed E-state index contributed by atoms with van der Waals surface area (Å²) in [5.74, 6) is -1.60. The molecule has 0 aliphatic carbocycles. The normalized spacial score (nSPS) is 12.2. The average molecular weight is 328 g/mol. The number of halogens is 2. The molecular weight excluding hydrogens is 302 g/mol. The Bertz CT molecular complexity index is 651. The van der Waals surface area contributed by atoms with Gasteiger partial charge in [0.2, 0.25) is 0 Å². The number of rotatable bonds is 8. The van der Waals surface area contributed by atoms with E-state index in [-0.39, 0.29) is 5.56 Å². The molecule has 2 rings (SSSR count). The minimum Gasteiger partial charge on any atom is -0.203 e. The van der Waals surface area contributed by atoms with Crippen LogP contribution in [0.2, 0.25) is 0 Å². The summed E-state index contributed by atoms with van der Waals surface area (Å²) in [5, 5.41) is 0. The van der Waals surface area contributed by atoms with Gasteiger partial charge < -0.3 is 0 Å². The van der Waals surface area contributed by atoms with Crippen molar-refractivity contribution in [3.63, 3.8) is 0 Å². The highest BCUT2D eigenvalue weighted by Gasteiger charge is 2.11. The van der Waals surface area contributed by atoms with Crippen LogP contribution in [0.5, 0.6) is 0 Å². The van der Waals surface area contributed by atoms with Crippen molar-refractivity contribution in [1.82, 2.24) is 0 Å². The lowest BCUT2D eigenvalue weighted by Crippen LogP contribution is -1.89. The van der Waals surface area contributed by atoms with Crippen LogP contribution in [0.25, 0.3) is 11.7 Å². The molecular formula is C22H26F2. The predicted molar refractivity (Wildman–Crippen MR) is 99.1 cm³/mol. The van der Waals surface area contributed by atoms with Crippen molar-refractivity contribution in [2.45, 2.75) is 52.4 Å². The zero-order chi connectivity index (χ0) is 17.4. The number of unbranched alkanes of at least 4 members (excludes halogenated alkanes) is 4. The lowest BCUT2D eigenvalue weighted by atomic mass is 10.0. The summed E-state index contributed by atoms with van der Waals surface area (Å²) < 4.78 is 28.6. The minimum atomic E-state index is -0.803. The number of hydrogen-bond donors (Lipinski definition) is 0. The first kappa shape index (κ1) is 18.4.